The zero-order valence-electron chi connectivity index (χ0n) is 15.8. The van der Waals surface area contributed by atoms with Crippen LogP contribution in [0, 0.1) is 22.7 Å². The molecule has 0 fully saturated rings. The van der Waals surface area contributed by atoms with E-state index < -0.39 is 11.9 Å². The van der Waals surface area contributed by atoms with E-state index in [9.17, 15) is 9.59 Å². The molecule has 2 rings (SSSR count). The largest absolute Gasteiger partial charge is 0.478 e. The maximum absolute atomic E-state index is 10.4. The van der Waals surface area contributed by atoms with Crippen molar-refractivity contribution in [1.29, 1.82) is 0 Å². The number of aliphatic carboxylic acids is 2. The Morgan fingerprint density at radius 3 is 1.25 bits per heavy atom. The first kappa shape index (κ1) is 20.5. The van der Waals surface area contributed by atoms with Crippen LogP contribution < -0.4 is 0 Å². The van der Waals surface area contributed by atoms with Crippen molar-refractivity contribution in [3.8, 4) is 0 Å². The smallest absolute Gasteiger partial charge is 0.331 e. The van der Waals surface area contributed by atoms with Crippen molar-refractivity contribution in [2.75, 3.05) is 0 Å². The van der Waals surface area contributed by atoms with E-state index in [1.54, 1.807) is 0 Å². The fraction of sp³-hybridized carbons (Fsp3) is 0.700. The van der Waals surface area contributed by atoms with E-state index in [4.69, 9.17) is 10.2 Å². The molecule has 2 aliphatic rings. The molecule has 0 radical (unpaired) electrons. The van der Waals surface area contributed by atoms with E-state index in [1.165, 1.54) is 0 Å². The van der Waals surface area contributed by atoms with Crippen LogP contribution in [0.25, 0.3) is 0 Å². The highest BCUT2D eigenvalue weighted by molar-refractivity contribution is 5.88. The fourth-order valence-electron chi connectivity index (χ4n) is 3.22. The third-order valence-electron chi connectivity index (χ3n) is 4.14. The third kappa shape index (κ3) is 7.33. The van der Waals surface area contributed by atoms with Crippen molar-refractivity contribution in [1.82, 2.24) is 0 Å². The highest BCUT2D eigenvalue weighted by atomic mass is 16.4. The number of hydrogen-bond acceptors (Lipinski definition) is 2. The molecular weight excluding hydrogens is 304 g/mol. The van der Waals surface area contributed by atoms with E-state index in [1.807, 2.05) is 12.2 Å². The van der Waals surface area contributed by atoms with Gasteiger partial charge in [-0.1, -0.05) is 53.7 Å². The van der Waals surface area contributed by atoms with E-state index in [2.05, 4.69) is 41.5 Å². The lowest BCUT2D eigenvalue weighted by atomic mass is 9.76. The Labute approximate surface area is 145 Å². The molecule has 0 aromatic rings. The minimum Gasteiger partial charge on any atom is -0.478 e. The van der Waals surface area contributed by atoms with Crippen molar-refractivity contribution >= 4 is 11.9 Å². The summed E-state index contributed by atoms with van der Waals surface area (Å²) >= 11 is 0. The summed E-state index contributed by atoms with van der Waals surface area (Å²) in [5.41, 5.74) is 1.80. The average molecular weight is 336 g/mol. The second-order valence-corrected chi connectivity index (χ2v) is 9.45. The van der Waals surface area contributed by atoms with Crippen LogP contribution in [-0.4, -0.2) is 22.2 Å². The van der Waals surface area contributed by atoms with Crippen LogP contribution in [0.5, 0.6) is 0 Å². The van der Waals surface area contributed by atoms with Crippen molar-refractivity contribution in [3.05, 3.63) is 23.3 Å². The standard InChI is InChI=1S/2C10H16O2/c2*1-10(2,3)6-7-4-8(5-7)9(11)12/h2*4,7H,5-6H2,1-3H3,(H,11,12)/t7-;/m1./s1. The SMILES string of the molecule is CC(C)(C)CC1C=C(C(=O)O)C1.CC(C)(C)C[C@@H]1C=C(C(=O)O)C1. The Morgan fingerprint density at radius 2 is 1.08 bits per heavy atom. The normalized spacial score (nSPS) is 22.9. The fourth-order valence-corrected chi connectivity index (χ4v) is 3.22. The van der Waals surface area contributed by atoms with Crippen LogP contribution in [0.4, 0.5) is 0 Å². The minimum absolute atomic E-state index is 0.311. The van der Waals surface area contributed by atoms with Crippen LogP contribution in [0.2, 0.25) is 0 Å². The molecule has 0 amide bonds. The maximum atomic E-state index is 10.4. The lowest BCUT2D eigenvalue weighted by molar-refractivity contribution is -0.134. The van der Waals surface area contributed by atoms with Gasteiger partial charge >= 0.3 is 11.9 Å². The molecule has 0 spiro atoms. The van der Waals surface area contributed by atoms with Gasteiger partial charge < -0.3 is 10.2 Å². The zero-order valence-corrected chi connectivity index (χ0v) is 15.8. The molecule has 136 valence electrons. The summed E-state index contributed by atoms with van der Waals surface area (Å²) in [6, 6.07) is 0. The molecule has 2 atom stereocenters. The summed E-state index contributed by atoms with van der Waals surface area (Å²) in [7, 11) is 0. The van der Waals surface area contributed by atoms with E-state index in [0.717, 1.165) is 25.7 Å². The molecule has 0 saturated carbocycles. The van der Waals surface area contributed by atoms with Crippen LogP contribution in [0.15, 0.2) is 23.3 Å². The lowest BCUT2D eigenvalue weighted by Crippen LogP contribution is -2.21. The van der Waals surface area contributed by atoms with Gasteiger partial charge in [0, 0.05) is 11.1 Å². The number of allylic oxidation sites excluding steroid dienone is 2. The lowest BCUT2D eigenvalue weighted by Gasteiger charge is -2.29. The summed E-state index contributed by atoms with van der Waals surface area (Å²) < 4.78 is 0. The Kier molecular flexibility index (Phi) is 6.43. The molecule has 2 N–H and O–H groups in total. The van der Waals surface area contributed by atoms with Crippen molar-refractivity contribution in [2.24, 2.45) is 22.7 Å². The van der Waals surface area contributed by atoms with Crippen LogP contribution in [-0.2, 0) is 9.59 Å². The molecule has 0 bridgehead atoms. The Morgan fingerprint density at radius 1 is 0.833 bits per heavy atom. The Balaban J connectivity index is 0.000000240. The Bertz CT molecular complexity index is 491. The maximum Gasteiger partial charge on any atom is 0.331 e. The van der Waals surface area contributed by atoms with Crippen LogP contribution >= 0.6 is 0 Å². The van der Waals surface area contributed by atoms with Gasteiger partial charge in [0.2, 0.25) is 0 Å². The van der Waals surface area contributed by atoms with Crippen LogP contribution in [0.3, 0.4) is 0 Å². The number of carboxylic acids is 2. The molecule has 0 aromatic heterocycles. The highest BCUT2D eigenvalue weighted by Gasteiger charge is 2.28. The predicted molar refractivity (Wildman–Crippen MR) is 95.8 cm³/mol. The molecule has 4 heteroatoms. The number of carboxylic acid groups (broad SMARTS) is 2. The van der Waals surface area contributed by atoms with Gasteiger partial charge in [-0.15, -0.1) is 0 Å². The molecule has 0 aliphatic heterocycles. The van der Waals surface area contributed by atoms with Gasteiger partial charge in [-0.25, -0.2) is 9.59 Å². The minimum atomic E-state index is -0.750. The first-order chi connectivity index (χ1) is 10.8. The monoisotopic (exact) mass is 336 g/mol. The zero-order chi connectivity index (χ0) is 18.7. The number of rotatable bonds is 4. The summed E-state index contributed by atoms with van der Waals surface area (Å²) in [6.45, 7) is 13.1. The summed E-state index contributed by atoms with van der Waals surface area (Å²) in [4.78, 5) is 20.8. The number of hydrogen-bond donors (Lipinski definition) is 2. The van der Waals surface area contributed by atoms with Crippen molar-refractivity contribution in [3.63, 3.8) is 0 Å². The molecule has 0 aromatic carbocycles. The first-order valence-corrected chi connectivity index (χ1v) is 8.65. The van der Waals surface area contributed by atoms with Gasteiger partial charge in [0.1, 0.15) is 0 Å². The van der Waals surface area contributed by atoms with Gasteiger partial charge in [-0.05, 0) is 48.3 Å². The molecule has 0 saturated heterocycles. The molecule has 4 nitrogen and oxygen atoms in total. The second-order valence-electron chi connectivity index (χ2n) is 9.45. The van der Waals surface area contributed by atoms with Gasteiger partial charge in [0.05, 0.1) is 0 Å². The van der Waals surface area contributed by atoms with Gasteiger partial charge in [-0.3, -0.25) is 0 Å². The number of carbonyl (C=O) groups is 2. The molecule has 24 heavy (non-hydrogen) atoms. The van der Waals surface area contributed by atoms with E-state index in [-0.39, 0.29) is 0 Å². The summed E-state index contributed by atoms with van der Waals surface area (Å²) in [5.74, 6) is -0.507. The molecular formula is C20H32O4. The Hall–Kier alpha value is -1.58. The summed E-state index contributed by atoms with van der Waals surface area (Å²) in [6.07, 6.45) is 7.45. The molecule has 2 aliphatic carbocycles. The van der Waals surface area contributed by atoms with E-state index in [0.29, 0.717) is 33.8 Å². The van der Waals surface area contributed by atoms with Gasteiger partial charge in [-0.2, -0.15) is 0 Å². The first-order valence-electron chi connectivity index (χ1n) is 8.65. The topological polar surface area (TPSA) is 74.6 Å². The van der Waals surface area contributed by atoms with Gasteiger partial charge in [0.15, 0.2) is 0 Å². The van der Waals surface area contributed by atoms with E-state index >= 15 is 0 Å². The third-order valence-corrected chi connectivity index (χ3v) is 4.14. The molecule has 0 heterocycles. The average Bonchev–Trinajstić information content (AvgIpc) is 2.25. The highest BCUT2D eigenvalue weighted by Crippen LogP contribution is 2.36. The summed E-state index contributed by atoms with van der Waals surface area (Å²) in [5, 5.41) is 17.2. The van der Waals surface area contributed by atoms with Crippen molar-refractivity contribution < 1.29 is 19.8 Å². The molecule has 1 unspecified atom stereocenters. The van der Waals surface area contributed by atoms with Crippen molar-refractivity contribution in [2.45, 2.75) is 67.2 Å². The quantitative estimate of drug-likeness (QED) is 0.765. The van der Waals surface area contributed by atoms with Crippen LogP contribution in [0.1, 0.15) is 67.2 Å². The van der Waals surface area contributed by atoms with Gasteiger partial charge in [0.25, 0.3) is 0 Å². The predicted octanol–water partition coefficient (Wildman–Crippen LogP) is 4.91. The second kappa shape index (κ2) is 7.54.